The standard InChI is InChI=1S/C18H18N2O3/c19-9-8-14-12-20-17-7-6-15(11-16(14)17)22-23-18(21)10-13-4-2-1-3-5-13/h1-7,11-12,20H,8-10,19H2. The molecule has 0 saturated heterocycles. The Bertz CT molecular complexity index is 796. The number of aromatic amines is 1. The molecule has 118 valence electrons. The third kappa shape index (κ3) is 3.70. The van der Waals surface area contributed by atoms with E-state index in [9.17, 15) is 4.79 Å². The summed E-state index contributed by atoms with van der Waals surface area (Å²) in [5, 5.41) is 1.02. The predicted molar refractivity (Wildman–Crippen MR) is 87.9 cm³/mol. The number of nitrogens with two attached hydrogens (primary N) is 1. The molecule has 0 radical (unpaired) electrons. The fourth-order valence-corrected chi connectivity index (χ4v) is 2.46. The Morgan fingerprint density at radius 2 is 1.96 bits per heavy atom. The minimum absolute atomic E-state index is 0.172. The average molecular weight is 310 g/mol. The van der Waals surface area contributed by atoms with Gasteiger partial charge in [-0.1, -0.05) is 30.3 Å². The fourth-order valence-electron chi connectivity index (χ4n) is 2.46. The molecule has 0 bridgehead atoms. The van der Waals surface area contributed by atoms with Crippen LogP contribution in [0.25, 0.3) is 10.9 Å². The number of carbonyl (C=O) groups excluding carboxylic acids is 1. The Kier molecular flexibility index (Phi) is 4.59. The van der Waals surface area contributed by atoms with E-state index in [1.165, 1.54) is 0 Å². The van der Waals surface area contributed by atoms with Gasteiger partial charge in [0.05, 0.1) is 6.42 Å². The van der Waals surface area contributed by atoms with Gasteiger partial charge in [-0.3, -0.25) is 9.78 Å². The molecule has 0 spiro atoms. The van der Waals surface area contributed by atoms with Crippen LogP contribution in [0.15, 0.2) is 54.7 Å². The van der Waals surface area contributed by atoms with Crippen molar-refractivity contribution in [1.29, 1.82) is 0 Å². The molecule has 5 heteroatoms. The maximum atomic E-state index is 11.8. The van der Waals surface area contributed by atoms with Gasteiger partial charge in [-0.15, -0.1) is 0 Å². The first-order valence-corrected chi connectivity index (χ1v) is 7.47. The molecule has 0 atom stereocenters. The van der Waals surface area contributed by atoms with Crippen molar-refractivity contribution < 1.29 is 14.6 Å². The Morgan fingerprint density at radius 1 is 1.13 bits per heavy atom. The molecule has 0 aliphatic heterocycles. The van der Waals surface area contributed by atoms with Crippen molar-refractivity contribution in [2.45, 2.75) is 12.8 Å². The summed E-state index contributed by atoms with van der Waals surface area (Å²) in [7, 11) is 0. The molecule has 0 amide bonds. The summed E-state index contributed by atoms with van der Waals surface area (Å²) < 4.78 is 0. The molecule has 0 aliphatic carbocycles. The second kappa shape index (κ2) is 6.98. The van der Waals surface area contributed by atoms with Crippen molar-refractivity contribution in [3.8, 4) is 5.75 Å². The molecular weight excluding hydrogens is 292 g/mol. The zero-order chi connectivity index (χ0) is 16.1. The Hall–Kier alpha value is -2.79. The number of rotatable bonds is 6. The third-order valence-corrected chi connectivity index (χ3v) is 3.57. The smallest absolute Gasteiger partial charge is 0.359 e. The van der Waals surface area contributed by atoms with Crippen molar-refractivity contribution in [1.82, 2.24) is 4.98 Å². The third-order valence-electron chi connectivity index (χ3n) is 3.57. The lowest BCUT2D eigenvalue weighted by molar-refractivity contribution is -0.212. The van der Waals surface area contributed by atoms with Gasteiger partial charge in [0.25, 0.3) is 0 Å². The van der Waals surface area contributed by atoms with Crippen molar-refractivity contribution in [2.75, 3.05) is 6.54 Å². The first-order valence-electron chi connectivity index (χ1n) is 7.47. The molecule has 23 heavy (non-hydrogen) atoms. The maximum absolute atomic E-state index is 11.8. The molecule has 0 saturated carbocycles. The van der Waals surface area contributed by atoms with Gasteiger partial charge < -0.3 is 10.7 Å². The SMILES string of the molecule is NCCc1c[nH]c2ccc(OOC(=O)Cc3ccccc3)cc12. The molecule has 3 aromatic rings. The Labute approximate surface area is 133 Å². The van der Waals surface area contributed by atoms with E-state index >= 15 is 0 Å². The second-order valence-electron chi connectivity index (χ2n) is 5.26. The number of aromatic nitrogens is 1. The highest BCUT2D eigenvalue weighted by Crippen LogP contribution is 2.24. The van der Waals surface area contributed by atoms with Crippen LogP contribution < -0.4 is 10.6 Å². The van der Waals surface area contributed by atoms with E-state index in [1.807, 2.05) is 48.7 Å². The Balaban J connectivity index is 1.64. The molecule has 5 nitrogen and oxygen atoms in total. The van der Waals surface area contributed by atoms with Crippen LogP contribution in [0.4, 0.5) is 0 Å². The van der Waals surface area contributed by atoms with Crippen LogP contribution in [0, 0.1) is 0 Å². The van der Waals surface area contributed by atoms with E-state index in [2.05, 4.69) is 4.98 Å². The topological polar surface area (TPSA) is 77.3 Å². The summed E-state index contributed by atoms with van der Waals surface area (Å²) in [5.74, 6) is 0.0457. The number of hydrogen-bond acceptors (Lipinski definition) is 4. The zero-order valence-corrected chi connectivity index (χ0v) is 12.6. The lowest BCUT2D eigenvalue weighted by Crippen LogP contribution is -2.10. The highest BCUT2D eigenvalue weighted by atomic mass is 17.2. The molecule has 0 aliphatic rings. The number of carbonyl (C=O) groups is 1. The summed E-state index contributed by atoms with van der Waals surface area (Å²) in [6.07, 6.45) is 2.88. The van der Waals surface area contributed by atoms with E-state index < -0.39 is 5.97 Å². The van der Waals surface area contributed by atoms with Crippen molar-refractivity contribution in [3.63, 3.8) is 0 Å². The van der Waals surface area contributed by atoms with Crippen LogP contribution >= 0.6 is 0 Å². The first-order chi connectivity index (χ1) is 11.3. The molecular formula is C18H18N2O3. The average Bonchev–Trinajstić information content (AvgIpc) is 2.97. The maximum Gasteiger partial charge on any atom is 0.359 e. The zero-order valence-electron chi connectivity index (χ0n) is 12.6. The largest absolute Gasteiger partial charge is 0.361 e. The lowest BCUT2D eigenvalue weighted by atomic mass is 10.1. The van der Waals surface area contributed by atoms with E-state index in [0.29, 0.717) is 12.3 Å². The number of H-pyrrole nitrogens is 1. The summed E-state index contributed by atoms with van der Waals surface area (Å²) in [4.78, 5) is 25.0. The minimum atomic E-state index is -0.437. The molecule has 1 heterocycles. The van der Waals surface area contributed by atoms with Gasteiger partial charge in [0, 0.05) is 17.1 Å². The summed E-state index contributed by atoms with van der Waals surface area (Å²) in [6.45, 7) is 0.574. The number of benzene rings is 2. The van der Waals surface area contributed by atoms with Gasteiger partial charge >= 0.3 is 5.97 Å². The molecule has 3 rings (SSSR count). The lowest BCUT2D eigenvalue weighted by Gasteiger charge is -2.05. The van der Waals surface area contributed by atoms with Gasteiger partial charge in [0.15, 0.2) is 5.75 Å². The second-order valence-corrected chi connectivity index (χ2v) is 5.26. The highest BCUT2D eigenvalue weighted by molar-refractivity contribution is 5.84. The van der Waals surface area contributed by atoms with Crippen LogP contribution in [0.3, 0.4) is 0 Å². The number of nitrogens with one attached hydrogen (secondary N) is 1. The fraction of sp³-hybridized carbons (Fsp3) is 0.167. The molecule has 0 unspecified atom stereocenters. The van der Waals surface area contributed by atoms with Crippen LogP contribution in [0.2, 0.25) is 0 Å². The van der Waals surface area contributed by atoms with Gasteiger partial charge in [0.2, 0.25) is 0 Å². The van der Waals surface area contributed by atoms with E-state index in [0.717, 1.165) is 28.5 Å². The summed E-state index contributed by atoms with van der Waals surface area (Å²) in [5.41, 5.74) is 8.60. The van der Waals surface area contributed by atoms with Gasteiger partial charge in [0.1, 0.15) is 0 Å². The van der Waals surface area contributed by atoms with Gasteiger partial charge in [-0.05, 0) is 42.3 Å². The molecule has 2 aromatic carbocycles. The normalized spacial score (nSPS) is 10.7. The van der Waals surface area contributed by atoms with Crippen molar-refractivity contribution >= 4 is 16.9 Å². The minimum Gasteiger partial charge on any atom is -0.361 e. The van der Waals surface area contributed by atoms with Crippen LogP contribution in [0.1, 0.15) is 11.1 Å². The van der Waals surface area contributed by atoms with Gasteiger partial charge in [-0.2, -0.15) is 0 Å². The molecule has 3 N–H and O–H groups in total. The van der Waals surface area contributed by atoms with Crippen molar-refractivity contribution in [2.24, 2.45) is 5.73 Å². The molecule has 1 aromatic heterocycles. The Morgan fingerprint density at radius 3 is 2.74 bits per heavy atom. The van der Waals surface area contributed by atoms with Crippen LogP contribution in [0.5, 0.6) is 5.75 Å². The van der Waals surface area contributed by atoms with Gasteiger partial charge in [-0.25, -0.2) is 4.79 Å². The monoisotopic (exact) mass is 310 g/mol. The summed E-state index contributed by atoms with van der Waals surface area (Å²) in [6, 6.07) is 14.9. The van der Waals surface area contributed by atoms with Crippen LogP contribution in [-0.2, 0) is 22.5 Å². The molecule has 0 fully saturated rings. The number of hydrogen-bond donors (Lipinski definition) is 2. The predicted octanol–water partition coefficient (Wildman–Crippen LogP) is 2.75. The quantitative estimate of drug-likeness (QED) is 0.542. The van der Waals surface area contributed by atoms with Crippen molar-refractivity contribution in [3.05, 3.63) is 65.9 Å². The summed E-state index contributed by atoms with van der Waals surface area (Å²) >= 11 is 0. The van der Waals surface area contributed by atoms with E-state index in [4.69, 9.17) is 15.5 Å². The van der Waals surface area contributed by atoms with E-state index in [-0.39, 0.29) is 6.42 Å². The highest BCUT2D eigenvalue weighted by Gasteiger charge is 2.09. The van der Waals surface area contributed by atoms with E-state index in [1.54, 1.807) is 6.07 Å². The van der Waals surface area contributed by atoms with Crippen LogP contribution in [-0.4, -0.2) is 17.5 Å². The number of fused-ring (bicyclic) bond motifs is 1. The first kappa shape index (κ1) is 15.1.